The van der Waals surface area contributed by atoms with Crippen molar-refractivity contribution in [3.63, 3.8) is 0 Å². The van der Waals surface area contributed by atoms with Gasteiger partial charge >= 0.3 is 0 Å². The summed E-state index contributed by atoms with van der Waals surface area (Å²) < 4.78 is 0. The van der Waals surface area contributed by atoms with Crippen molar-refractivity contribution in [1.29, 1.82) is 0 Å². The van der Waals surface area contributed by atoms with E-state index in [0.717, 1.165) is 38.2 Å². The third kappa shape index (κ3) is 2.93. The number of carbonyl (C=O) groups excluding carboxylic acids is 1. The summed E-state index contributed by atoms with van der Waals surface area (Å²) in [5.41, 5.74) is 1.50. The van der Waals surface area contributed by atoms with Crippen LogP contribution in [0.25, 0.3) is 0 Å². The van der Waals surface area contributed by atoms with E-state index >= 15 is 0 Å². The molecule has 1 amide bonds. The van der Waals surface area contributed by atoms with Gasteiger partial charge in [-0.3, -0.25) is 4.79 Å². The summed E-state index contributed by atoms with van der Waals surface area (Å²) in [6, 6.07) is 11.7. The predicted octanol–water partition coefficient (Wildman–Crippen LogP) is 2.87. The maximum absolute atomic E-state index is 12.5. The highest BCUT2D eigenvalue weighted by molar-refractivity contribution is 5.92. The number of hydrogen-bond acceptors (Lipinski definition) is 4. The zero-order valence-electron chi connectivity index (χ0n) is 12.8. The SMILES string of the molecule is CCN(c1ccccc1)c1nccc(C(=O)N2CCCC2)n1. The molecule has 0 bridgehead atoms. The zero-order valence-corrected chi connectivity index (χ0v) is 12.8. The summed E-state index contributed by atoms with van der Waals surface area (Å²) in [7, 11) is 0. The van der Waals surface area contributed by atoms with Crippen LogP contribution in [0, 0.1) is 0 Å². The topological polar surface area (TPSA) is 49.3 Å². The number of nitrogens with zero attached hydrogens (tertiary/aromatic N) is 4. The Balaban J connectivity index is 1.88. The molecule has 0 radical (unpaired) electrons. The molecule has 3 rings (SSSR count). The van der Waals surface area contributed by atoms with Crippen LogP contribution in [0.5, 0.6) is 0 Å². The number of likely N-dealkylation sites (tertiary alicyclic amines) is 1. The molecule has 5 nitrogen and oxygen atoms in total. The minimum Gasteiger partial charge on any atom is -0.337 e. The van der Waals surface area contributed by atoms with Gasteiger partial charge in [-0.25, -0.2) is 9.97 Å². The van der Waals surface area contributed by atoms with Gasteiger partial charge in [-0.05, 0) is 38.0 Å². The van der Waals surface area contributed by atoms with E-state index in [2.05, 4.69) is 9.97 Å². The Morgan fingerprint density at radius 1 is 1.18 bits per heavy atom. The number of rotatable bonds is 4. The second-order valence-electron chi connectivity index (χ2n) is 5.32. The van der Waals surface area contributed by atoms with Gasteiger partial charge in [0.15, 0.2) is 0 Å². The number of benzene rings is 1. The third-order valence-electron chi connectivity index (χ3n) is 3.88. The Bertz CT molecular complexity index is 638. The average molecular weight is 296 g/mol. The number of aromatic nitrogens is 2. The van der Waals surface area contributed by atoms with Crippen LogP contribution in [-0.4, -0.2) is 40.4 Å². The molecule has 0 N–H and O–H groups in total. The molecule has 0 spiro atoms. The summed E-state index contributed by atoms with van der Waals surface area (Å²) >= 11 is 0. The molecule has 0 saturated carbocycles. The molecule has 5 heteroatoms. The van der Waals surface area contributed by atoms with Crippen molar-refractivity contribution >= 4 is 17.5 Å². The first-order chi connectivity index (χ1) is 10.8. The second kappa shape index (κ2) is 6.56. The van der Waals surface area contributed by atoms with Gasteiger partial charge in [0.1, 0.15) is 5.69 Å². The van der Waals surface area contributed by atoms with Crippen molar-refractivity contribution in [3.8, 4) is 0 Å². The van der Waals surface area contributed by atoms with E-state index in [4.69, 9.17) is 0 Å². The number of amides is 1. The molecule has 1 aromatic heterocycles. The van der Waals surface area contributed by atoms with E-state index in [-0.39, 0.29) is 5.91 Å². The van der Waals surface area contributed by atoms with Crippen LogP contribution in [0.3, 0.4) is 0 Å². The normalized spacial score (nSPS) is 14.1. The number of anilines is 2. The minimum absolute atomic E-state index is 0.00487. The molecular weight excluding hydrogens is 276 g/mol. The molecule has 1 fully saturated rings. The Morgan fingerprint density at radius 3 is 2.59 bits per heavy atom. The number of hydrogen-bond donors (Lipinski definition) is 0. The smallest absolute Gasteiger partial charge is 0.272 e. The van der Waals surface area contributed by atoms with Crippen LogP contribution in [0.2, 0.25) is 0 Å². The van der Waals surface area contributed by atoms with E-state index in [1.165, 1.54) is 0 Å². The molecule has 0 atom stereocenters. The molecule has 22 heavy (non-hydrogen) atoms. The maximum Gasteiger partial charge on any atom is 0.272 e. The van der Waals surface area contributed by atoms with Gasteiger partial charge in [-0.2, -0.15) is 0 Å². The standard InChI is InChI=1S/C17H20N4O/c1-2-21(14-8-4-3-5-9-14)17-18-11-10-15(19-17)16(22)20-12-6-7-13-20/h3-5,8-11H,2,6-7,12-13H2,1H3. The molecular formula is C17H20N4O. The fraction of sp³-hybridized carbons (Fsp3) is 0.353. The van der Waals surface area contributed by atoms with Crippen LogP contribution >= 0.6 is 0 Å². The first-order valence-electron chi connectivity index (χ1n) is 7.74. The van der Waals surface area contributed by atoms with Crippen LogP contribution in [0.4, 0.5) is 11.6 Å². The minimum atomic E-state index is 0.00487. The maximum atomic E-state index is 12.5. The summed E-state index contributed by atoms with van der Waals surface area (Å²) in [4.78, 5) is 25.2. The van der Waals surface area contributed by atoms with E-state index in [1.807, 2.05) is 47.1 Å². The molecule has 2 aromatic rings. The molecule has 114 valence electrons. The summed E-state index contributed by atoms with van der Waals surface area (Å²) in [6.07, 6.45) is 3.82. The Hall–Kier alpha value is -2.43. The van der Waals surface area contributed by atoms with Gasteiger partial charge < -0.3 is 9.80 Å². The Kier molecular flexibility index (Phi) is 4.32. The molecule has 1 aliphatic heterocycles. The van der Waals surface area contributed by atoms with Gasteiger partial charge in [0.25, 0.3) is 5.91 Å². The first-order valence-corrected chi connectivity index (χ1v) is 7.74. The predicted molar refractivity (Wildman–Crippen MR) is 86.3 cm³/mol. The highest BCUT2D eigenvalue weighted by atomic mass is 16.2. The van der Waals surface area contributed by atoms with Crippen LogP contribution < -0.4 is 4.90 Å². The zero-order chi connectivity index (χ0) is 15.4. The quantitative estimate of drug-likeness (QED) is 0.870. The Labute approximate surface area is 130 Å². The molecule has 0 unspecified atom stereocenters. The van der Waals surface area contributed by atoms with Gasteiger partial charge in [0, 0.05) is 31.5 Å². The lowest BCUT2D eigenvalue weighted by molar-refractivity contribution is 0.0787. The van der Waals surface area contributed by atoms with Gasteiger partial charge in [0.05, 0.1) is 0 Å². The van der Waals surface area contributed by atoms with Crippen molar-refractivity contribution in [2.45, 2.75) is 19.8 Å². The van der Waals surface area contributed by atoms with Crippen LogP contribution in [0.15, 0.2) is 42.6 Å². The highest BCUT2D eigenvalue weighted by Crippen LogP contribution is 2.21. The summed E-state index contributed by atoms with van der Waals surface area (Å²) in [5.74, 6) is 0.573. The number of para-hydroxylation sites is 1. The largest absolute Gasteiger partial charge is 0.337 e. The molecule has 0 aliphatic carbocycles. The van der Waals surface area contributed by atoms with Gasteiger partial charge in [-0.15, -0.1) is 0 Å². The van der Waals surface area contributed by atoms with Crippen molar-refractivity contribution < 1.29 is 4.79 Å². The lowest BCUT2D eigenvalue weighted by Crippen LogP contribution is -2.29. The highest BCUT2D eigenvalue weighted by Gasteiger charge is 2.21. The van der Waals surface area contributed by atoms with E-state index < -0.39 is 0 Å². The number of carbonyl (C=O) groups is 1. The van der Waals surface area contributed by atoms with Crippen molar-refractivity contribution in [2.75, 3.05) is 24.5 Å². The first kappa shape index (κ1) is 14.5. The third-order valence-corrected chi connectivity index (χ3v) is 3.88. The summed E-state index contributed by atoms with van der Waals surface area (Å²) in [6.45, 7) is 4.44. The molecule has 1 aliphatic rings. The lowest BCUT2D eigenvalue weighted by atomic mass is 10.3. The molecule has 1 saturated heterocycles. The van der Waals surface area contributed by atoms with Crippen molar-refractivity contribution in [3.05, 3.63) is 48.3 Å². The van der Waals surface area contributed by atoms with E-state index in [9.17, 15) is 4.79 Å². The van der Waals surface area contributed by atoms with Gasteiger partial charge in [0.2, 0.25) is 5.95 Å². The van der Waals surface area contributed by atoms with Crippen LogP contribution in [0.1, 0.15) is 30.3 Å². The fourth-order valence-corrected chi connectivity index (χ4v) is 2.73. The van der Waals surface area contributed by atoms with Crippen LogP contribution in [-0.2, 0) is 0 Å². The van der Waals surface area contributed by atoms with E-state index in [1.54, 1.807) is 12.3 Å². The summed E-state index contributed by atoms with van der Waals surface area (Å²) in [5, 5.41) is 0. The Morgan fingerprint density at radius 2 is 1.91 bits per heavy atom. The van der Waals surface area contributed by atoms with Gasteiger partial charge in [-0.1, -0.05) is 18.2 Å². The fourth-order valence-electron chi connectivity index (χ4n) is 2.73. The van der Waals surface area contributed by atoms with Crippen molar-refractivity contribution in [2.24, 2.45) is 0 Å². The van der Waals surface area contributed by atoms with Crippen molar-refractivity contribution in [1.82, 2.24) is 14.9 Å². The second-order valence-corrected chi connectivity index (χ2v) is 5.32. The van der Waals surface area contributed by atoms with E-state index in [0.29, 0.717) is 11.6 Å². The average Bonchev–Trinajstić information content (AvgIpc) is 3.11. The monoisotopic (exact) mass is 296 g/mol. The lowest BCUT2D eigenvalue weighted by Gasteiger charge is -2.21. The molecule has 2 heterocycles. The molecule has 1 aromatic carbocycles.